The molecule has 0 aliphatic rings. The van der Waals surface area contributed by atoms with Crippen LogP contribution in [0.4, 0.5) is 0 Å². The molecule has 0 unspecified atom stereocenters. The zero-order chi connectivity index (χ0) is 17.2. The van der Waals surface area contributed by atoms with E-state index in [1.165, 1.54) is 0 Å². The second-order valence-corrected chi connectivity index (χ2v) is 6.65. The molecule has 0 fully saturated rings. The normalized spacial score (nSPS) is 11.9. The molecule has 0 atom stereocenters. The van der Waals surface area contributed by atoms with Gasteiger partial charge in [-0.25, -0.2) is 18.2 Å². The number of aliphatic carboxylic acids is 1. The molecule has 10 nitrogen and oxygen atoms in total. The highest BCUT2D eigenvalue weighted by molar-refractivity contribution is 7.89. The number of carboxylic acids is 1. The summed E-state index contributed by atoms with van der Waals surface area (Å²) in [7, 11) is -4.13. The van der Waals surface area contributed by atoms with Gasteiger partial charge in [-0.15, -0.1) is 0 Å². The van der Waals surface area contributed by atoms with Crippen LogP contribution in [-0.4, -0.2) is 51.8 Å². The second-order valence-electron chi connectivity index (χ2n) is 4.71. The summed E-state index contributed by atoms with van der Waals surface area (Å²) >= 11 is 0. The van der Waals surface area contributed by atoms with E-state index in [4.69, 9.17) is 5.11 Å². The molecule has 11 heteroatoms. The molecule has 2 aromatic rings. The van der Waals surface area contributed by atoms with Gasteiger partial charge in [0.2, 0.25) is 10.0 Å². The van der Waals surface area contributed by atoms with E-state index in [9.17, 15) is 22.8 Å². The first-order chi connectivity index (χ1) is 10.8. The van der Waals surface area contributed by atoms with Crippen LogP contribution in [0.2, 0.25) is 0 Å². The van der Waals surface area contributed by atoms with Crippen molar-refractivity contribution in [2.45, 2.75) is 18.2 Å². The Labute approximate surface area is 129 Å². The average Bonchev–Trinajstić information content (AvgIpc) is 2.45. The standard InChI is InChI=1S/C12H14N4O6S/c1-2-3-16(6-9(17)18)23(21,22)7-4-8-10(13-5-7)14-12(20)15-11(8)19/h4-5H,2-3,6H2,1H3,(H,17,18)(H2,13,14,15,19,20). The number of aromatic amines is 2. The van der Waals surface area contributed by atoms with Crippen LogP contribution in [0.15, 0.2) is 26.7 Å². The van der Waals surface area contributed by atoms with Crippen molar-refractivity contribution >= 4 is 27.0 Å². The van der Waals surface area contributed by atoms with Crippen LogP contribution < -0.4 is 11.2 Å². The lowest BCUT2D eigenvalue weighted by Gasteiger charge is -2.19. The number of nitrogens with one attached hydrogen (secondary N) is 2. The van der Waals surface area contributed by atoms with Gasteiger partial charge in [-0.3, -0.25) is 19.6 Å². The SMILES string of the molecule is CCCN(CC(=O)O)S(=O)(=O)c1cnc2[nH]c(=O)[nH]c(=O)c2c1. The van der Waals surface area contributed by atoms with E-state index in [1.54, 1.807) is 6.92 Å². The third-order valence-corrected chi connectivity index (χ3v) is 4.80. The second kappa shape index (κ2) is 6.30. The molecule has 124 valence electrons. The quantitative estimate of drug-likeness (QED) is 0.614. The zero-order valence-corrected chi connectivity index (χ0v) is 12.9. The van der Waals surface area contributed by atoms with Gasteiger partial charge >= 0.3 is 11.7 Å². The van der Waals surface area contributed by atoms with Crippen molar-refractivity contribution in [3.63, 3.8) is 0 Å². The number of aromatic nitrogens is 3. The number of carbonyl (C=O) groups is 1. The Kier molecular flexibility index (Phi) is 4.61. The summed E-state index contributed by atoms with van der Waals surface area (Å²) in [4.78, 5) is 41.4. The van der Waals surface area contributed by atoms with Crippen molar-refractivity contribution < 1.29 is 18.3 Å². The lowest BCUT2D eigenvalue weighted by molar-refractivity contribution is -0.137. The highest BCUT2D eigenvalue weighted by atomic mass is 32.2. The minimum Gasteiger partial charge on any atom is -0.480 e. The Morgan fingerprint density at radius 1 is 1.35 bits per heavy atom. The number of hydrogen-bond donors (Lipinski definition) is 3. The number of rotatable bonds is 6. The minimum atomic E-state index is -4.13. The molecule has 2 rings (SSSR count). The van der Waals surface area contributed by atoms with Gasteiger partial charge in [0, 0.05) is 12.7 Å². The molecule has 0 aliphatic carbocycles. The first-order valence-corrected chi connectivity index (χ1v) is 8.04. The van der Waals surface area contributed by atoms with Gasteiger partial charge in [0.1, 0.15) is 17.1 Å². The molecular formula is C12H14N4O6S. The van der Waals surface area contributed by atoms with Crippen molar-refractivity contribution in [2.24, 2.45) is 0 Å². The first-order valence-electron chi connectivity index (χ1n) is 6.60. The van der Waals surface area contributed by atoms with Gasteiger partial charge < -0.3 is 5.11 Å². The first kappa shape index (κ1) is 16.8. The van der Waals surface area contributed by atoms with Gasteiger partial charge in [0.15, 0.2) is 0 Å². The molecule has 0 spiro atoms. The Balaban J connectivity index is 2.58. The molecule has 0 saturated heterocycles. The Morgan fingerprint density at radius 3 is 2.65 bits per heavy atom. The summed E-state index contributed by atoms with van der Waals surface area (Å²) in [6.45, 7) is 1.02. The maximum Gasteiger partial charge on any atom is 0.327 e. The molecule has 3 N–H and O–H groups in total. The average molecular weight is 342 g/mol. The number of hydrogen-bond acceptors (Lipinski definition) is 6. The summed E-state index contributed by atoms with van der Waals surface area (Å²) in [5, 5.41) is 8.74. The lowest BCUT2D eigenvalue weighted by Crippen LogP contribution is -2.36. The number of sulfonamides is 1. The summed E-state index contributed by atoms with van der Waals surface area (Å²) in [5.41, 5.74) is -1.60. The predicted octanol–water partition coefficient (Wildman–Crippen LogP) is -0.903. The van der Waals surface area contributed by atoms with E-state index in [0.29, 0.717) is 6.42 Å². The van der Waals surface area contributed by atoms with Gasteiger partial charge in [-0.05, 0) is 12.5 Å². The summed E-state index contributed by atoms with van der Waals surface area (Å²) in [6.07, 6.45) is 1.39. The molecule has 0 radical (unpaired) electrons. The molecule has 0 aliphatic heterocycles. The maximum absolute atomic E-state index is 12.5. The van der Waals surface area contributed by atoms with E-state index in [1.807, 2.05) is 4.98 Å². The van der Waals surface area contributed by atoms with Crippen LogP contribution in [-0.2, 0) is 14.8 Å². The van der Waals surface area contributed by atoms with Gasteiger partial charge in [0.25, 0.3) is 5.56 Å². The Hall–Kier alpha value is -2.53. The lowest BCUT2D eigenvalue weighted by atomic mass is 10.3. The van der Waals surface area contributed by atoms with Crippen molar-refractivity contribution in [3.8, 4) is 0 Å². The zero-order valence-electron chi connectivity index (χ0n) is 12.1. The van der Waals surface area contributed by atoms with E-state index in [2.05, 4.69) is 9.97 Å². The third-order valence-electron chi connectivity index (χ3n) is 2.99. The molecule has 2 heterocycles. The molecule has 0 saturated carbocycles. The van der Waals surface area contributed by atoms with Crippen molar-refractivity contribution in [1.82, 2.24) is 19.3 Å². The number of fused-ring (bicyclic) bond motifs is 1. The van der Waals surface area contributed by atoms with Crippen LogP contribution in [0.5, 0.6) is 0 Å². The monoisotopic (exact) mass is 342 g/mol. The summed E-state index contributed by atoms with van der Waals surface area (Å²) < 4.78 is 25.8. The van der Waals surface area contributed by atoms with E-state index < -0.39 is 33.8 Å². The Morgan fingerprint density at radius 2 is 2.04 bits per heavy atom. The smallest absolute Gasteiger partial charge is 0.327 e. The third kappa shape index (κ3) is 3.46. The largest absolute Gasteiger partial charge is 0.480 e. The highest BCUT2D eigenvalue weighted by Gasteiger charge is 2.26. The van der Waals surface area contributed by atoms with Crippen molar-refractivity contribution in [1.29, 1.82) is 0 Å². The van der Waals surface area contributed by atoms with E-state index in [0.717, 1.165) is 16.6 Å². The predicted molar refractivity (Wildman–Crippen MR) is 79.7 cm³/mol. The van der Waals surface area contributed by atoms with Crippen molar-refractivity contribution in [3.05, 3.63) is 33.1 Å². The van der Waals surface area contributed by atoms with E-state index in [-0.39, 0.29) is 22.5 Å². The molecule has 0 bridgehead atoms. The number of carboxylic acid groups (broad SMARTS) is 1. The van der Waals surface area contributed by atoms with E-state index >= 15 is 0 Å². The summed E-state index contributed by atoms with van der Waals surface area (Å²) in [6, 6.07) is 1.05. The fourth-order valence-electron chi connectivity index (χ4n) is 2.00. The topological polar surface area (TPSA) is 153 Å². The number of pyridine rings is 1. The van der Waals surface area contributed by atoms with Crippen LogP contribution in [0, 0.1) is 0 Å². The van der Waals surface area contributed by atoms with Gasteiger partial charge in [-0.2, -0.15) is 4.31 Å². The fourth-order valence-corrected chi connectivity index (χ4v) is 3.46. The Bertz CT molecular complexity index is 961. The van der Waals surface area contributed by atoms with Gasteiger partial charge in [-0.1, -0.05) is 6.92 Å². The number of nitrogens with zero attached hydrogens (tertiary/aromatic N) is 2. The van der Waals surface area contributed by atoms with Gasteiger partial charge in [0.05, 0.1) is 5.39 Å². The molecule has 23 heavy (non-hydrogen) atoms. The molecular weight excluding hydrogens is 328 g/mol. The van der Waals surface area contributed by atoms with Crippen LogP contribution >= 0.6 is 0 Å². The summed E-state index contributed by atoms with van der Waals surface area (Å²) in [5.74, 6) is -1.29. The number of H-pyrrole nitrogens is 2. The molecule has 2 aromatic heterocycles. The highest BCUT2D eigenvalue weighted by Crippen LogP contribution is 2.17. The maximum atomic E-state index is 12.5. The van der Waals surface area contributed by atoms with Crippen molar-refractivity contribution in [2.75, 3.05) is 13.1 Å². The minimum absolute atomic E-state index is 0.00858. The molecule has 0 aromatic carbocycles. The molecule has 0 amide bonds. The van der Waals surface area contributed by atoms with Crippen LogP contribution in [0.25, 0.3) is 11.0 Å². The van der Waals surface area contributed by atoms with Crippen LogP contribution in [0.1, 0.15) is 13.3 Å². The van der Waals surface area contributed by atoms with Crippen LogP contribution in [0.3, 0.4) is 0 Å². The fraction of sp³-hybridized carbons (Fsp3) is 0.333.